The SMILES string of the molecule is Cn1c2ccncc2c2ccc(N3CC4(CC(F)C4)C3)nc21.Cn1c2ccncc2c2ccc(N3CC4(CC(O)C4)C3)nc21. The Kier molecular flexibility index (Phi) is 5.41. The van der Waals surface area contributed by atoms with Crippen molar-refractivity contribution in [3.05, 3.63) is 61.2 Å². The van der Waals surface area contributed by atoms with Crippen molar-refractivity contribution >= 4 is 55.5 Å². The summed E-state index contributed by atoms with van der Waals surface area (Å²) in [5, 5.41) is 14.1. The summed E-state index contributed by atoms with van der Waals surface area (Å²) in [5.74, 6) is 2.04. The van der Waals surface area contributed by atoms with E-state index in [9.17, 15) is 9.50 Å². The lowest BCUT2D eigenvalue weighted by molar-refractivity contribution is -0.0494. The largest absolute Gasteiger partial charge is 0.393 e. The lowest BCUT2D eigenvalue weighted by Crippen LogP contribution is -2.64. The molecular weight excluding hydrogens is 555 g/mol. The molecule has 0 amide bonds. The van der Waals surface area contributed by atoms with Crippen LogP contribution in [0.4, 0.5) is 16.0 Å². The van der Waals surface area contributed by atoms with Crippen molar-refractivity contribution in [3.8, 4) is 0 Å². The molecule has 1 N–H and O–H groups in total. The number of alkyl halides is 1. The van der Waals surface area contributed by atoms with Gasteiger partial charge in [0.15, 0.2) is 0 Å². The van der Waals surface area contributed by atoms with Crippen molar-refractivity contribution in [3.63, 3.8) is 0 Å². The summed E-state index contributed by atoms with van der Waals surface area (Å²) in [6.45, 7) is 3.93. The van der Waals surface area contributed by atoms with Gasteiger partial charge >= 0.3 is 0 Å². The zero-order valence-electron chi connectivity index (χ0n) is 25.0. The molecule has 2 saturated carbocycles. The van der Waals surface area contributed by atoms with Gasteiger partial charge in [0.05, 0.1) is 17.1 Å². The van der Waals surface area contributed by atoms with Gasteiger partial charge in [-0.2, -0.15) is 0 Å². The third-order valence-electron chi connectivity index (χ3n) is 10.7. The molecule has 44 heavy (non-hydrogen) atoms. The van der Waals surface area contributed by atoms with Crippen LogP contribution in [0.15, 0.2) is 61.2 Å². The first-order chi connectivity index (χ1) is 21.3. The Hall–Kier alpha value is -4.31. The van der Waals surface area contributed by atoms with Crippen molar-refractivity contribution in [1.82, 2.24) is 29.1 Å². The molecule has 2 aliphatic carbocycles. The normalized spacial score (nSPS) is 20.5. The number of aliphatic hydroxyl groups excluding tert-OH is 1. The van der Waals surface area contributed by atoms with Gasteiger partial charge in [-0.1, -0.05) is 0 Å². The molecule has 2 saturated heterocycles. The maximum atomic E-state index is 13.1. The van der Waals surface area contributed by atoms with E-state index in [1.807, 2.05) is 44.0 Å². The summed E-state index contributed by atoms with van der Waals surface area (Å²) in [4.78, 5) is 22.8. The van der Waals surface area contributed by atoms with Crippen LogP contribution in [0.5, 0.6) is 0 Å². The Morgan fingerprint density at radius 2 is 1.11 bits per heavy atom. The van der Waals surface area contributed by atoms with Crippen LogP contribution >= 0.6 is 0 Å². The van der Waals surface area contributed by atoms with Gasteiger partial charge in [0.2, 0.25) is 0 Å². The standard InChI is InChI=1S/C17H17FN4.C17H18N4O/c1-21-14-4-5-19-8-13(14)12-2-3-15(20-16(12)21)22-9-17(10-22)6-11(18)7-17;1-20-14-4-5-18-8-13(14)12-2-3-15(19-16(12)20)21-9-17(10-21)6-11(22)7-17/h2-5,8,11H,6-7,9-10H2,1H3;2-5,8,11,22H,6-7,9-10H2,1H3. The highest BCUT2D eigenvalue weighted by Crippen LogP contribution is 2.51. The molecule has 0 unspecified atom stereocenters. The summed E-state index contributed by atoms with van der Waals surface area (Å²) >= 11 is 0. The Balaban J connectivity index is 0.000000123. The number of pyridine rings is 4. The van der Waals surface area contributed by atoms with Gasteiger partial charge in [-0.3, -0.25) is 9.97 Å². The molecule has 224 valence electrons. The molecule has 6 aromatic heterocycles. The van der Waals surface area contributed by atoms with Crippen LogP contribution in [0.1, 0.15) is 25.7 Å². The van der Waals surface area contributed by atoms with Gasteiger partial charge in [0.1, 0.15) is 29.1 Å². The minimum Gasteiger partial charge on any atom is -0.393 e. The second-order valence-corrected chi connectivity index (χ2v) is 13.8. The highest BCUT2D eigenvalue weighted by Gasteiger charge is 2.53. The van der Waals surface area contributed by atoms with E-state index in [0.717, 1.165) is 107 Å². The Morgan fingerprint density at radius 1 is 0.659 bits per heavy atom. The molecule has 4 fully saturated rings. The van der Waals surface area contributed by atoms with E-state index in [4.69, 9.17) is 9.97 Å². The monoisotopic (exact) mass is 590 g/mol. The summed E-state index contributed by atoms with van der Waals surface area (Å²) in [6, 6.07) is 12.5. The van der Waals surface area contributed by atoms with Gasteiger partial charge in [-0.25, -0.2) is 14.4 Å². The molecule has 2 spiro atoms. The van der Waals surface area contributed by atoms with E-state index < -0.39 is 6.17 Å². The third kappa shape index (κ3) is 3.79. The lowest BCUT2D eigenvalue weighted by Gasteiger charge is -2.58. The topological polar surface area (TPSA) is 88.1 Å². The zero-order valence-corrected chi connectivity index (χ0v) is 25.0. The van der Waals surface area contributed by atoms with E-state index in [2.05, 4.69) is 60.2 Å². The van der Waals surface area contributed by atoms with Crippen molar-refractivity contribution in [2.75, 3.05) is 36.0 Å². The van der Waals surface area contributed by atoms with Crippen LogP contribution in [0.25, 0.3) is 43.9 Å². The van der Waals surface area contributed by atoms with Gasteiger partial charge in [0, 0.05) is 97.4 Å². The average molecular weight is 591 g/mol. The lowest BCUT2D eigenvalue weighted by atomic mass is 9.62. The van der Waals surface area contributed by atoms with E-state index >= 15 is 0 Å². The summed E-state index contributed by atoms with van der Waals surface area (Å²) in [6.07, 6.45) is 10.1. The number of hydrogen-bond donors (Lipinski definition) is 1. The van der Waals surface area contributed by atoms with Crippen molar-refractivity contribution < 1.29 is 9.50 Å². The van der Waals surface area contributed by atoms with E-state index in [-0.39, 0.29) is 11.5 Å². The van der Waals surface area contributed by atoms with Gasteiger partial charge in [-0.15, -0.1) is 0 Å². The molecule has 0 aromatic carbocycles. The minimum absolute atomic E-state index is 0.0803. The number of aromatic nitrogens is 6. The van der Waals surface area contributed by atoms with Gasteiger partial charge in [0.25, 0.3) is 0 Å². The number of fused-ring (bicyclic) bond motifs is 6. The van der Waals surface area contributed by atoms with E-state index in [1.54, 1.807) is 0 Å². The molecule has 2 aliphatic heterocycles. The molecule has 0 atom stereocenters. The van der Waals surface area contributed by atoms with Crippen LogP contribution < -0.4 is 9.80 Å². The predicted molar refractivity (Wildman–Crippen MR) is 171 cm³/mol. The van der Waals surface area contributed by atoms with Crippen molar-refractivity contribution in [2.45, 2.75) is 38.0 Å². The summed E-state index contributed by atoms with van der Waals surface area (Å²) in [7, 11) is 4.10. The summed E-state index contributed by atoms with van der Waals surface area (Å²) in [5.41, 5.74) is 4.90. The molecule has 4 aliphatic rings. The Morgan fingerprint density at radius 3 is 1.55 bits per heavy atom. The van der Waals surface area contributed by atoms with E-state index in [1.165, 1.54) is 0 Å². The average Bonchev–Trinajstić information content (AvgIpc) is 3.42. The van der Waals surface area contributed by atoms with Crippen LogP contribution in [0.2, 0.25) is 0 Å². The van der Waals surface area contributed by atoms with Crippen LogP contribution in [-0.4, -0.2) is 72.6 Å². The maximum Gasteiger partial charge on any atom is 0.143 e. The molecule has 9 nitrogen and oxygen atoms in total. The number of anilines is 2. The quantitative estimate of drug-likeness (QED) is 0.299. The van der Waals surface area contributed by atoms with Gasteiger partial charge < -0.3 is 24.0 Å². The molecule has 10 heteroatoms. The number of aliphatic hydroxyl groups is 1. The second kappa shape index (κ2) is 9.11. The maximum absolute atomic E-state index is 13.1. The van der Waals surface area contributed by atoms with Crippen molar-refractivity contribution in [1.29, 1.82) is 0 Å². The smallest absolute Gasteiger partial charge is 0.143 e. The predicted octanol–water partition coefficient (Wildman–Crippen LogP) is 5.14. The molecule has 0 bridgehead atoms. The highest BCUT2D eigenvalue weighted by atomic mass is 19.1. The first kappa shape index (κ1) is 26.1. The number of aryl methyl sites for hydroxylation is 2. The zero-order chi connectivity index (χ0) is 29.8. The number of rotatable bonds is 2. The fourth-order valence-corrected chi connectivity index (χ4v) is 8.35. The number of halogens is 1. The second-order valence-electron chi connectivity index (χ2n) is 13.8. The van der Waals surface area contributed by atoms with Crippen LogP contribution in [0.3, 0.4) is 0 Å². The molecule has 8 heterocycles. The fourth-order valence-electron chi connectivity index (χ4n) is 8.35. The first-order valence-electron chi connectivity index (χ1n) is 15.5. The fraction of sp³-hybridized carbons (Fsp3) is 0.412. The van der Waals surface area contributed by atoms with Gasteiger partial charge in [-0.05, 0) is 62.1 Å². The Bertz CT molecular complexity index is 1920. The van der Waals surface area contributed by atoms with Crippen LogP contribution in [0, 0.1) is 10.8 Å². The summed E-state index contributed by atoms with van der Waals surface area (Å²) < 4.78 is 17.4. The number of nitrogens with zero attached hydrogens (tertiary/aromatic N) is 8. The molecule has 0 radical (unpaired) electrons. The van der Waals surface area contributed by atoms with Crippen LogP contribution in [-0.2, 0) is 14.1 Å². The third-order valence-corrected chi connectivity index (χ3v) is 10.7. The first-order valence-corrected chi connectivity index (χ1v) is 15.5. The minimum atomic E-state index is -0.580. The highest BCUT2D eigenvalue weighted by molar-refractivity contribution is 6.07. The van der Waals surface area contributed by atoms with Crippen molar-refractivity contribution in [2.24, 2.45) is 24.9 Å². The Labute approximate surface area is 254 Å². The van der Waals surface area contributed by atoms with E-state index in [0.29, 0.717) is 5.41 Å². The molecule has 10 rings (SSSR count). The molecule has 6 aromatic rings. The number of hydrogen-bond acceptors (Lipinski definition) is 7. The molecular formula is C34H35FN8O.